The summed E-state index contributed by atoms with van der Waals surface area (Å²) in [7, 11) is -2.41. The molecule has 2 aromatic carbocycles. The van der Waals surface area contributed by atoms with Crippen molar-refractivity contribution in [3.05, 3.63) is 78.3 Å². The fraction of sp³-hybridized carbons (Fsp3) is 0.182. The molecule has 3 aromatic rings. The first-order valence-electron chi connectivity index (χ1n) is 9.66. The van der Waals surface area contributed by atoms with Crippen LogP contribution in [0.3, 0.4) is 0 Å². The van der Waals surface area contributed by atoms with Crippen LogP contribution in [0.1, 0.15) is 23.0 Å². The fourth-order valence-electron chi connectivity index (χ4n) is 2.76. The summed E-state index contributed by atoms with van der Waals surface area (Å²) in [5, 5.41) is 5.21. The summed E-state index contributed by atoms with van der Waals surface area (Å²) in [4.78, 5) is 24.7. The Labute approximate surface area is 185 Å². The number of hydrogen-bond donors (Lipinski definition) is 3. The molecule has 32 heavy (non-hydrogen) atoms. The van der Waals surface area contributed by atoms with Gasteiger partial charge >= 0.3 is 0 Å². The predicted molar refractivity (Wildman–Crippen MR) is 118 cm³/mol. The zero-order valence-corrected chi connectivity index (χ0v) is 18.3. The highest BCUT2D eigenvalue weighted by Crippen LogP contribution is 2.20. The maximum absolute atomic E-state index is 12.7. The Hall–Kier alpha value is -3.79. The number of furan rings is 1. The lowest BCUT2D eigenvalue weighted by atomic mass is 10.2. The molecule has 168 valence electrons. The summed E-state index contributed by atoms with van der Waals surface area (Å²) >= 11 is 0. The van der Waals surface area contributed by atoms with Gasteiger partial charge in [-0.1, -0.05) is 6.07 Å². The van der Waals surface area contributed by atoms with Gasteiger partial charge < -0.3 is 19.8 Å². The van der Waals surface area contributed by atoms with Gasteiger partial charge in [0, 0.05) is 11.3 Å². The lowest BCUT2D eigenvalue weighted by molar-refractivity contribution is -0.122. The number of benzene rings is 2. The van der Waals surface area contributed by atoms with E-state index in [0.29, 0.717) is 17.2 Å². The summed E-state index contributed by atoms with van der Waals surface area (Å²) in [6.07, 6.45) is 1.50. The van der Waals surface area contributed by atoms with Crippen molar-refractivity contribution >= 4 is 27.5 Å². The van der Waals surface area contributed by atoms with E-state index in [4.69, 9.17) is 9.15 Å². The van der Waals surface area contributed by atoms with Crippen LogP contribution >= 0.6 is 0 Å². The van der Waals surface area contributed by atoms with Gasteiger partial charge in [0.15, 0.2) is 0 Å². The number of hydrogen-bond acceptors (Lipinski definition) is 6. The van der Waals surface area contributed by atoms with Crippen molar-refractivity contribution in [1.29, 1.82) is 0 Å². The maximum atomic E-state index is 12.7. The Morgan fingerprint density at radius 1 is 1.06 bits per heavy atom. The Morgan fingerprint density at radius 2 is 1.81 bits per heavy atom. The minimum atomic E-state index is -3.93. The molecule has 0 radical (unpaired) electrons. The van der Waals surface area contributed by atoms with E-state index < -0.39 is 27.9 Å². The molecule has 0 fully saturated rings. The van der Waals surface area contributed by atoms with Crippen molar-refractivity contribution in [2.45, 2.75) is 24.4 Å². The summed E-state index contributed by atoms with van der Waals surface area (Å²) in [5.74, 6) is 0.194. The Morgan fingerprint density at radius 3 is 2.47 bits per heavy atom. The third-order valence-electron chi connectivity index (χ3n) is 4.51. The number of anilines is 1. The van der Waals surface area contributed by atoms with Gasteiger partial charge in [-0.3, -0.25) is 14.3 Å². The van der Waals surface area contributed by atoms with Gasteiger partial charge in [0.25, 0.3) is 15.9 Å². The molecular weight excluding hydrogens is 434 g/mol. The molecule has 1 heterocycles. The van der Waals surface area contributed by atoms with E-state index in [0.717, 1.165) is 0 Å². The first-order chi connectivity index (χ1) is 15.3. The van der Waals surface area contributed by atoms with Crippen molar-refractivity contribution in [3.8, 4) is 5.75 Å². The number of sulfonamides is 1. The van der Waals surface area contributed by atoms with Crippen LogP contribution in [-0.4, -0.2) is 33.4 Å². The maximum Gasteiger partial charge on any atom is 0.261 e. The van der Waals surface area contributed by atoms with Gasteiger partial charge in [-0.05, 0) is 61.5 Å². The van der Waals surface area contributed by atoms with Crippen LogP contribution in [-0.2, 0) is 21.4 Å². The molecule has 0 aliphatic carbocycles. The standard InChI is InChI=1S/C22H23N3O6S/c1-15(21(26)23-14-19-6-4-12-31-19)24-22(27)16-5-3-7-20(13-16)32(28,29)25-17-8-10-18(30-2)11-9-17/h3-13,15,25H,14H2,1-2H3,(H,23,26)(H,24,27). The topological polar surface area (TPSA) is 127 Å². The number of carbonyl (C=O) groups excluding carboxylic acids is 2. The van der Waals surface area contributed by atoms with E-state index in [1.165, 1.54) is 44.6 Å². The van der Waals surface area contributed by atoms with Crippen molar-refractivity contribution in [2.24, 2.45) is 0 Å². The second-order valence-electron chi connectivity index (χ2n) is 6.85. The van der Waals surface area contributed by atoms with Crippen LogP contribution in [0.15, 0.2) is 76.2 Å². The Balaban J connectivity index is 1.64. The molecule has 0 aliphatic rings. The predicted octanol–water partition coefficient (Wildman–Crippen LogP) is 2.52. The lowest BCUT2D eigenvalue weighted by Gasteiger charge is -2.14. The molecule has 1 unspecified atom stereocenters. The van der Waals surface area contributed by atoms with E-state index in [-0.39, 0.29) is 17.0 Å². The average molecular weight is 458 g/mol. The number of ether oxygens (including phenoxy) is 1. The highest BCUT2D eigenvalue weighted by Gasteiger charge is 2.20. The molecule has 0 saturated heterocycles. The molecule has 0 saturated carbocycles. The first-order valence-corrected chi connectivity index (χ1v) is 11.1. The van der Waals surface area contributed by atoms with E-state index in [2.05, 4.69) is 15.4 Å². The third kappa shape index (κ3) is 5.88. The van der Waals surface area contributed by atoms with Crippen LogP contribution in [0, 0.1) is 0 Å². The minimum absolute atomic E-state index is 0.0871. The first kappa shape index (κ1) is 22.9. The second kappa shape index (κ2) is 10.0. The largest absolute Gasteiger partial charge is 0.497 e. The number of amides is 2. The SMILES string of the molecule is COc1ccc(NS(=O)(=O)c2cccc(C(=O)NC(C)C(=O)NCc3ccco3)c2)cc1. The molecule has 2 amide bonds. The zero-order chi connectivity index (χ0) is 23.1. The third-order valence-corrected chi connectivity index (χ3v) is 5.89. The van der Waals surface area contributed by atoms with Crippen LogP contribution < -0.4 is 20.1 Å². The van der Waals surface area contributed by atoms with Crippen molar-refractivity contribution in [1.82, 2.24) is 10.6 Å². The number of nitrogens with one attached hydrogen (secondary N) is 3. The summed E-state index contributed by atoms with van der Waals surface area (Å²) in [6.45, 7) is 1.72. The molecule has 0 aliphatic heterocycles. The van der Waals surface area contributed by atoms with Crippen LogP contribution in [0.2, 0.25) is 0 Å². The van der Waals surface area contributed by atoms with E-state index in [1.54, 1.807) is 36.4 Å². The van der Waals surface area contributed by atoms with Gasteiger partial charge in [-0.25, -0.2) is 8.42 Å². The molecule has 0 bridgehead atoms. The summed E-state index contributed by atoms with van der Waals surface area (Å²) in [6, 6.07) is 14.5. The number of carbonyl (C=O) groups is 2. The quantitative estimate of drug-likeness (QED) is 0.453. The molecule has 1 aromatic heterocycles. The molecule has 3 N–H and O–H groups in total. The van der Waals surface area contributed by atoms with Gasteiger partial charge in [0.1, 0.15) is 17.6 Å². The molecule has 1 atom stereocenters. The van der Waals surface area contributed by atoms with Gasteiger partial charge in [-0.15, -0.1) is 0 Å². The molecule has 0 spiro atoms. The van der Waals surface area contributed by atoms with Crippen LogP contribution in [0.5, 0.6) is 5.75 Å². The van der Waals surface area contributed by atoms with Gasteiger partial charge in [-0.2, -0.15) is 0 Å². The average Bonchev–Trinajstić information content (AvgIpc) is 3.31. The molecular formula is C22H23N3O6S. The van der Waals surface area contributed by atoms with Crippen molar-refractivity contribution < 1.29 is 27.2 Å². The van der Waals surface area contributed by atoms with Crippen molar-refractivity contribution in [3.63, 3.8) is 0 Å². The zero-order valence-electron chi connectivity index (χ0n) is 17.5. The Bertz CT molecular complexity index is 1170. The summed E-state index contributed by atoms with van der Waals surface area (Å²) < 4.78 is 38.1. The highest BCUT2D eigenvalue weighted by atomic mass is 32.2. The van der Waals surface area contributed by atoms with Crippen LogP contribution in [0.4, 0.5) is 5.69 Å². The number of rotatable bonds is 9. The monoisotopic (exact) mass is 457 g/mol. The summed E-state index contributed by atoms with van der Waals surface area (Å²) in [5.41, 5.74) is 0.454. The minimum Gasteiger partial charge on any atom is -0.497 e. The Kier molecular flexibility index (Phi) is 7.16. The fourth-order valence-corrected chi connectivity index (χ4v) is 3.87. The normalized spacial score (nSPS) is 11.9. The molecule has 10 heteroatoms. The van der Waals surface area contributed by atoms with E-state index >= 15 is 0 Å². The smallest absolute Gasteiger partial charge is 0.261 e. The number of methoxy groups -OCH3 is 1. The van der Waals surface area contributed by atoms with Crippen molar-refractivity contribution in [2.75, 3.05) is 11.8 Å². The second-order valence-corrected chi connectivity index (χ2v) is 8.54. The highest BCUT2D eigenvalue weighted by molar-refractivity contribution is 7.92. The van der Waals surface area contributed by atoms with E-state index in [1.807, 2.05) is 0 Å². The van der Waals surface area contributed by atoms with Crippen LogP contribution in [0.25, 0.3) is 0 Å². The lowest BCUT2D eigenvalue weighted by Crippen LogP contribution is -2.44. The van der Waals surface area contributed by atoms with Gasteiger partial charge in [0.05, 0.1) is 24.8 Å². The van der Waals surface area contributed by atoms with Gasteiger partial charge in [0.2, 0.25) is 5.91 Å². The van der Waals surface area contributed by atoms with E-state index in [9.17, 15) is 18.0 Å². The molecule has 3 rings (SSSR count). The molecule has 9 nitrogen and oxygen atoms in total.